The number of aliphatic imine (C=N–C) groups is 1. The molecule has 2 aliphatic heterocycles. The summed E-state index contributed by atoms with van der Waals surface area (Å²) in [5.41, 5.74) is 0. The third-order valence-corrected chi connectivity index (χ3v) is 4.20. The van der Waals surface area contributed by atoms with Gasteiger partial charge in [-0.05, 0) is 12.3 Å². The molecule has 0 aromatic heterocycles. The lowest BCUT2D eigenvalue weighted by Gasteiger charge is -2.12. The molecule has 0 aliphatic carbocycles. The molecular weight excluding hydrogens is 250 g/mol. The van der Waals surface area contributed by atoms with Crippen LogP contribution < -0.4 is 5.32 Å². The fraction of sp³-hybridized carbons (Fsp3) is 0.750. The molecule has 2 atom stereocenters. The van der Waals surface area contributed by atoms with Gasteiger partial charge in [-0.1, -0.05) is 25.6 Å². The van der Waals surface area contributed by atoms with Crippen LogP contribution in [0.3, 0.4) is 0 Å². The Balaban J connectivity index is 1.95. The van der Waals surface area contributed by atoms with Crippen molar-refractivity contribution in [2.45, 2.75) is 38.8 Å². The smallest absolute Gasteiger partial charge is 0.254 e. The number of rotatable bonds is 3. The largest absolute Gasteiger partial charge is 0.361 e. The number of thioether (sulfide) groups is 1. The van der Waals surface area contributed by atoms with Gasteiger partial charge in [-0.2, -0.15) is 0 Å². The fourth-order valence-corrected chi connectivity index (χ4v) is 3.22. The number of carbonyl (C=O) groups is 2. The standard InChI is InChI=1S/C12H19N3O2S/c1-7(2)4-8-6-18-12(13-8)14-9-5-10(16)15(3)11(9)17/h7-9H,4-6H2,1-3H3,(H,13,14). The highest BCUT2D eigenvalue weighted by Gasteiger charge is 2.36. The Kier molecular flexibility index (Phi) is 3.94. The van der Waals surface area contributed by atoms with E-state index in [1.165, 1.54) is 11.9 Å². The Morgan fingerprint density at radius 3 is 2.78 bits per heavy atom. The first-order valence-corrected chi connectivity index (χ1v) is 7.23. The Labute approximate surface area is 111 Å². The Bertz CT molecular complexity index is 395. The summed E-state index contributed by atoms with van der Waals surface area (Å²) in [4.78, 5) is 28.6. The van der Waals surface area contributed by atoms with Gasteiger partial charge in [-0.25, -0.2) is 4.99 Å². The molecule has 0 aromatic rings. The van der Waals surface area contributed by atoms with E-state index in [2.05, 4.69) is 24.2 Å². The summed E-state index contributed by atoms with van der Waals surface area (Å²) in [6, 6.07) is -0.0889. The molecule has 2 unspecified atom stereocenters. The van der Waals surface area contributed by atoms with Crippen LogP contribution in [0, 0.1) is 5.92 Å². The first-order valence-electron chi connectivity index (χ1n) is 6.25. The van der Waals surface area contributed by atoms with Gasteiger partial charge < -0.3 is 5.32 Å². The van der Waals surface area contributed by atoms with E-state index < -0.39 is 6.04 Å². The first-order chi connectivity index (χ1) is 8.47. The van der Waals surface area contributed by atoms with Crippen molar-refractivity contribution >= 4 is 28.7 Å². The lowest BCUT2D eigenvalue weighted by Crippen LogP contribution is -2.31. The molecule has 1 N–H and O–H groups in total. The van der Waals surface area contributed by atoms with E-state index >= 15 is 0 Å². The summed E-state index contributed by atoms with van der Waals surface area (Å²) >= 11 is 1.64. The van der Waals surface area contributed by atoms with Crippen molar-refractivity contribution in [3.63, 3.8) is 0 Å². The van der Waals surface area contributed by atoms with Crippen molar-refractivity contribution in [3.8, 4) is 0 Å². The normalized spacial score (nSPS) is 30.7. The zero-order valence-corrected chi connectivity index (χ0v) is 11.8. The number of nitrogens with zero attached hydrogens (tertiary/aromatic N) is 2. The molecule has 2 aliphatic rings. The van der Waals surface area contributed by atoms with Gasteiger partial charge in [0, 0.05) is 18.8 Å². The average molecular weight is 269 g/mol. The minimum atomic E-state index is -0.518. The predicted molar refractivity (Wildman–Crippen MR) is 72.5 cm³/mol. The molecule has 6 heteroatoms. The number of likely N-dealkylation sites (N-methyl/N-ethyl adjacent to an activating group) is 1. The van der Waals surface area contributed by atoms with E-state index in [1.807, 2.05) is 0 Å². The van der Waals surface area contributed by atoms with Crippen molar-refractivity contribution in [2.75, 3.05) is 12.8 Å². The van der Waals surface area contributed by atoms with Crippen molar-refractivity contribution in [3.05, 3.63) is 0 Å². The van der Waals surface area contributed by atoms with Crippen LogP contribution in [0.15, 0.2) is 4.99 Å². The lowest BCUT2D eigenvalue weighted by atomic mass is 10.1. The molecule has 0 aromatic carbocycles. The Morgan fingerprint density at radius 1 is 1.50 bits per heavy atom. The molecule has 2 rings (SSSR count). The highest BCUT2D eigenvalue weighted by molar-refractivity contribution is 8.14. The maximum Gasteiger partial charge on any atom is 0.254 e. The molecule has 5 nitrogen and oxygen atoms in total. The average Bonchev–Trinajstić information content (AvgIpc) is 2.80. The Hall–Kier alpha value is -1.04. The van der Waals surface area contributed by atoms with E-state index in [0.29, 0.717) is 12.0 Å². The van der Waals surface area contributed by atoms with Crippen LogP contribution in [0.4, 0.5) is 0 Å². The predicted octanol–water partition coefficient (Wildman–Crippen LogP) is 0.851. The van der Waals surface area contributed by atoms with Crippen molar-refractivity contribution in [1.29, 1.82) is 0 Å². The third kappa shape index (κ3) is 2.85. The molecule has 2 amide bonds. The highest BCUT2D eigenvalue weighted by Crippen LogP contribution is 2.22. The van der Waals surface area contributed by atoms with Gasteiger partial charge in [0.05, 0.1) is 6.42 Å². The highest BCUT2D eigenvalue weighted by atomic mass is 32.2. The second-order valence-corrected chi connectivity index (χ2v) is 6.24. The molecule has 0 spiro atoms. The van der Waals surface area contributed by atoms with Gasteiger partial charge in [0.1, 0.15) is 6.04 Å². The molecule has 2 saturated heterocycles. The number of imide groups is 1. The number of amides is 2. The summed E-state index contributed by atoms with van der Waals surface area (Å²) in [5.74, 6) is 1.29. The van der Waals surface area contributed by atoms with Gasteiger partial charge in [-0.3, -0.25) is 14.5 Å². The molecule has 0 bridgehead atoms. The third-order valence-electron chi connectivity index (χ3n) is 3.14. The number of likely N-dealkylation sites (tertiary alicyclic amines) is 1. The van der Waals surface area contributed by atoms with E-state index in [0.717, 1.165) is 17.3 Å². The van der Waals surface area contributed by atoms with E-state index in [-0.39, 0.29) is 18.2 Å². The van der Waals surface area contributed by atoms with Gasteiger partial charge in [0.25, 0.3) is 5.91 Å². The topological polar surface area (TPSA) is 61.8 Å². The molecule has 2 heterocycles. The molecule has 0 saturated carbocycles. The monoisotopic (exact) mass is 269 g/mol. The summed E-state index contributed by atoms with van der Waals surface area (Å²) in [6.07, 6.45) is 1.30. The number of hydrogen-bond acceptors (Lipinski definition) is 4. The first kappa shape index (κ1) is 13.4. The summed E-state index contributed by atoms with van der Waals surface area (Å²) in [5, 5.41) is 4.14. The zero-order valence-electron chi connectivity index (χ0n) is 11.0. The van der Waals surface area contributed by atoms with Crippen LogP contribution in [-0.2, 0) is 9.59 Å². The van der Waals surface area contributed by atoms with Gasteiger partial charge in [0.2, 0.25) is 5.91 Å². The molecule has 100 valence electrons. The fourth-order valence-electron chi connectivity index (χ4n) is 2.19. The number of hydrogen-bond donors (Lipinski definition) is 1. The second kappa shape index (κ2) is 5.30. The molecule has 0 radical (unpaired) electrons. The van der Waals surface area contributed by atoms with Crippen LogP contribution in [0.25, 0.3) is 0 Å². The minimum Gasteiger partial charge on any atom is -0.361 e. The minimum absolute atomic E-state index is 0.143. The number of nitrogens with one attached hydrogen (secondary N) is 1. The number of carbonyl (C=O) groups excluding carboxylic acids is 2. The van der Waals surface area contributed by atoms with Crippen LogP contribution in [0.5, 0.6) is 0 Å². The Morgan fingerprint density at radius 2 is 2.22 bits per heavy atom. The quantitative estimate of drug-likeness (QED) is 0.772. The van der Waals surface area contributed by atoms with Crippen LogP contribution in [-0.4, -0.2) is 46.8 Å². The van der Waals surface area contributed by atoms with E-state index in [4.69, 9.17) is 0 Å². The van der Waals surface area contributed by atoms with Crippen molar-refractivity contribution in [2.24, 2.45) is 10.9 Å². The van der Waals surface area contributed by atoms with Crippen molar-refractivity contribution < 1.29 is 9.59 Å². The number of amidine groups is 1. The SMILES string of the molecule is CC(C)CC1CSC(=NC2CC(=O)N(C)C2=O)N1. The van der Waals surface area contributed by atoms with Gasteiger partial charge in [-0.15, -0.1) is 0 Å². The maximum absolute atomic E-state index is 11.7. The molecular formula is C12H19N3O2S. The molecule has 2 fully saturated rings. The van der Waals surface area contributed by atoms with Crippen LogP contribution in [0.2, 0.25) is 0 Å². The van der Waals surface area contributed by atoms with Crippen LogP contribution in [0.1, 0.15) is 26.7 Å². The van der Waals surface area contributed by atoms with Gasteiger partial charge >= 0.3 is 0 Å². The van der Waals surface area contributed by atoms with E-state index in [1.54, 1.807) is 11.8 Å². The molecule has 18 heavy (non-hydrogen) atoms. The second-order valence-electron chi connectivity index (χ2n) is 5.23. The van der Waals surface area contributed by atoms with Crippen LogP contribution >= 0.6 is 11.8 Å². The van der Waals surface area contributed by atoms with E-state index in [9.17, 15) is 9.59 Å². The summed E-state index contributed by atoms with van der Waals surface area (Å²) < 4.78 is 0. The summed E-state index contributed by atoms with van der Waals surface area (Å²) in [6.45, 7) is 4.38. The lowest BCUT2D eigenvalue weighted by molar-refractivity contribution is -0.136. The van der Waals surface area contributed by atoms with Gasteiger partial charge in [0.15, 0.2) is 5.17 Å². The zero-order chi connectivity index (χ0) is 13.3. The summed E-state index contributed by atoms with van der Waals surface area (Å²) in [7, 11) is 1.52. The van der Waals surface area contributed by atoms with Crippen molar-refractivity contribution in [1.82, 2.24) is 10.2 Å². The maximum atomic E-state index is 11.7.